The summed E-state index contributed by atoms with van der Waals surface area (Å²) in [5.41, 5.74) is -1.06. The van der Waals surface area contributed by atoms with Crippen molar-refractivity contribution in [3.8, 4) is 17.8 Å². The Hall–Kier alpha value is -2.98. The summed E-state index contributed by atoms with van der Waals surface area (Å²) in [5, 5.41) is 25.2. The number of benzene rings is 1. The fourth-order valence-corrected chi connectivity index (χ4v) is 1.71. The average molecular weight is 320 g/mol. The Morgan fingerprint density at radius 3 is 2.57 bits per heavy atom. The zero-order valence-electron chi connectivity index (χ0n) is 12.4. The van der Waals surface area contributed by atoms with E-state index in [4.69, 9.17) is 24.5 Å². The summed E-state index contributed by atoms with van der Waals surface area (Å²) < 4.78 is 10.2. The molecule has 0 radical (unpaired) electrons. The van der Waals surface area contributed by atoms with Gasteiger partial charge in [0.15, 0.2) is 11.3 Å². The molecule has 1 aromatic carbocycles. The van der Waals surface area contributed by atoms with Crippen LogP contribution in [0.1, 0.15) is 23.7 Å². The SMILES string of the molecule is CCOc1c(C(=O)O)c(=O)oc2ccccc12.OC#CCCO. The number of aliphatic hydroxyl groups is 2. The molecule has 0 aliphatic heterocycles. The van der Waals surface area contributed by atoms with Crippen LogP contribution in [-0.4, -0.2) is 34.5 Å². The number of hydrogen-bond acceptors (Lipinski definition) is 6. The number of hydrogen-bond donors (Lipinski definition) is 3. The monoisotopic (exact) mass is 320 g/mol. The first-order valence-corrected chi connectivity index (χ1v) is 6.71. The van der Waals surface area contributed by atoms with Crippen LogP contribution in [0.25, 0.3) is 11.0 Å². The zero-order chi connectivity index (χ0) is 17.2. The molecule has 0 atom stereocenters. The molecule has 7 heteroatoms. The number of aliphatic hydroxyl groups excluding tert-OH is 2. The predicted molar refractivity (Wildman–Crippen MR) is 82.0 cm³/mol. The molecule has 0 fully saturated rings. The molecule has 2 rings (SSSR count). The summed E-state index contributed by atoms with van der Waals surface area (Å²) in [5.74, 6) is 0.962. The van der Waals surface area contributed by atoms with Crippen LogP contribution in [0.15, 0.2) is 33.5 Å². The quantitative estimate of drug-likeness (QED) is 0.578. The van der Waals surface area contributed by atoms with E-state index in [1.165, 1.54) is 0 Å². The van der Waals surface area contributed by atoms with Crippen molar-refractivity contribution in [2.24, 2.45) is 0 Å². The zero-order valence-corrected chi connectivity index (χ0v) is 12.4. The molecule has 3 N–H and O–H groups in total. The van der Waals surface area contributed by atoms with Gasteiger partial charge in [-0.05, 0) is 19.1 Å². The molecule has 0 unspecified atom stereocenters. The Morgan fingerprint density at radius 2 is 2.04 bits per heavy atom. The van der Waals surface area contributed by atoms with Crippen LogP contribution in [0.3, 0.4) is 0 Å². The molecule has 23 heavy (non-hydrogen) atoms. The summed E-state index contributed by atoms with van der Waals surface area (Å²) in [6.07, 6.45) is 2.02. The molecular weight excluding hydrogens is 304 g/mol. The number of fused-ring (bicyclic) bond motifs is 1. The van der Waals surface area contributed by atoms with E-state index in [-0.39, 0.29) is 19.0 Å². The summed E-state index contributed by atoms with van der Waals surface area (Å²) >= 11 is 0. The maximum atomic E-state index is 11.5. The van der Waals surface area contributed by atoms with E-state index in [2.05, 4.69) is 5.92 Å². The van der Waals surface area contributed by atoms with E-state index < -0.39 is 17.2 Å². The molecule has 0 spiro atoms. The Balaban J connectivity index is 0.000000379. The van der Waals surface area contributed by atoms with Crippen molar-refractivity contribution in [3.05, 3.63) is 40.2 Å². The lowest BCUT2D eigenvalue weighted by Crippen LogP contribution is -2.16. The van der Waals surface area contributed by atoms with E-state index in [0.717, 1.165) is 0 Å². The second-order valence-corrected chi connectivity index (χ2v) is 4.09. The van der Waals surface area contributed by atoms with Gasteiger partial charge in [0.25, 0.3) is 0 Å². The largest absolute Gasteiger partial charge is 0.492 e. The second kappa shape index (κ2) is 9.12. The Labute approximate surface area is 131 Å². The minimum absolute atomic E-state index is 0.0214. The van der Waals surface area contributed by atoms with E-state index in [0.29, 0.717) is 17.4 Å². The van der Waals surface area contributed by atoms with Crippen molar-refractivity contribution >= 4 is 16.9 Å². The third-order valence-electron chi connectivity index (χ3n) is 2.58. The second-order valence-electron chi connectivity index (χ2n) is 4.09. The molecule has 0 saturated carbocycles. The number of para-hydroxylation sites is 1. The molecule has 1 aromatic heterocycles. The normalized spacial score (nSPS) is 9.30. The molecule has 122 valence electrons. The van der Waals surface area contributed by atoms with E-state index >= 15 is 0 Å². The lowest BCUT2D eigenvalue weighted by atomic mass is 10.1. The van der Waals surface area contributed by atoms with Crippen molar-refractivity contribution in [1.82, 2.24) is 0 Å². The molecule has 1 heterocycles. The first-order chi connectivity index (χ1) is 11.1. The highest BCUT2D eigenvalue weighted by Gasteiger charge is 2.21. The smallest absolute Gasteiger partial charge is 0.354 e. The topological polar surface area (TPSA) is 117 Å². The van der Waals surface area contributed by atoms with Gasteiger partial charge < -0.3 is 24.5 Å². The van der Waals surface area contributed by atoms with Crippen molar-refractivity contribution in [2.75, 3.05) is 13.2 Å². The number of carboxylic acids is 1. The van der Waals surface area contributed by atoms with Crippen molar-refractivity contribution in [1.29, 1.82) is 0 Å². The molecule has 0 saturated heterocycles. The van der Waals surface area contributed by atoms with Crippen molar-refractivity contribution in [3.63, 3.8) is 0 Å². The fourth-order valence-electron chi connectivity index (χ4n) is 1.71. The Kier molecular flexibility index (Phi) is 7.17. The molecule has 0 aliphatic rings. The minimum Gasteiger partial charge on any atom is -0.492 e. The minimum atomic E-state index is -1.35. The lowest BCUT2D eigenvalue weighted by molar-refractivity contribution is 0.0688. The van der Waals surface area contributed by atoms with Crippen LogP contribution < -0.4 is 10.4 Å². The molecule has 7 nitrogen and oxygen atoms in total. The first kappa shape index (κ1) is 18.1. The van der Waals surface area contributed by atoms with Crippen LogP contribution in [0.4, 0.5) is 0 Å². The maximum Gasteiger partial charge on any atom is 0.354 e. The maximum absolute atomic E-state index is 11.5. The van der Waals surface area contributed by atoms with Gasteiger partial charge in [-0.25, -0.2) is 9.59 Å². The number of ether oxygens (including phenoxy) is 1. The van der Waals surface area contributed by atoms with Crippen molar-refractivity contribution in [2.45, 2.75) is 13.3 Å². The van der Waals surface area contributed by atoms with E-state index in [9.17, 15) is 9.59 Å². The summed E-state index contributed by atoms with van der Waals surface area (Å²) in [6.45, 7) is 2.01. The summed E-state index contributed by atoms with van der Waals surface area (Å²) in [4.78, 5) is 22.6. The van der Waals surface area contributed by atoms with E-state index in [1.54, 1.807) is 37.3 Å². The van der Waals surface area contributed by atoms with Gasteiger partial charge in [-0.15, -0.1) is 0 Å². The van der Waals surface area contributed by atoms with Gasteiger partial charge in [0, 0.05) is 6.42 Å². The van der Waals surface area contributed by atoms with Crippen LogP contribution in [0, 0.1) is 12.0 Å². The lowest BCUT2D eigenvalue weighted by Gasteiger charge is -2.08. The average Bonchev–Trinajstić information content (AvgIpc) is 2.53. The third-order valence-corrected chi connectivity index (χ3v) is 2.58. The fraction of sp³-hybridized carbons (Fsp3) is 0.250. The van der Waals surface area contributed by atoms with Crippen LogP contribution >= 0.6 is 0 Å². The van der Waals surface area contributed by atoms with E-state index in [1.807, 2.05) is 0 Å². The highest BCUT2D eigenvalue weighted by atomic mass is 16.5. The standard InChI is InChI=1S/C12H10O5.C4H6O2/c1-2-16-10-7-5-3-4-6-8(7)17-12(15)9(10)11(13)14;5-3-1-2-4-6/h3-6H,2H2,1H3,(H,13,14);5-6H,1,3H2. The van der Waals surface area contributed by atoms with Gasteiger partial charge in [0.1, 0.15) is 11.7 Å². The van der Waals surface area contributed by atoms with Crippen LogP contribution in [0.5, 0.6) is 5.75 Å². The van der Waals surface area contributed by atoms with Gasteiger partial charge in [-0.2, -0.15) is 0 Å². The Bertz CT molecular complexity index is 780. The van der Waals surface area contributed by atoms with Crippen LogP contribution in [0.2, 0.25) is 0 Å². The van der Waals surface area contributed by atoms with Crippen LogP contribution in [-0.2, 0) is 0 Å². The number of rotatable bonds is 4. The molecule has 0 amide bonds. The van der Waals surface area contributed by atoms with Gasteiger partial charge in [0.2, 0.25) is 0 Å². The highest BCUT2D eigenvalue weighted by Crippen LogP contribution is 2.27. The predicted octanol–water partition coefficient (Wildman–Crippen LogP) is 1.59. The summed E-state index contributed by atoms with van der Waals surface area (Å²) in [7, 11) is 0. The molecule has 0 aliphatic carbocycles. The number of aromatic carboxylic acids is 1. The number of carboxylic acid groups (broad SMARTS) is 1. The van der Waals surface area contributed by atoms with Gasteiger partial charge in [0.05, 0.1) is 18.6 Å². The third kappa shape index (κ3) is 4.76. The molecule has 0 bridgehead atoms. The number of carbonyl (C=O) groups is 1. The van der Waals surface area contributed by atoms with Gasteiger partial charge in [-0.1, -0.05) is 18.1 Å². The molecular formula is C16H16O7. The Morgan fingerprint density at radius 1 is 1.35 bits per heavy atom. The highest BCUT2D eigenvalue weighted by molar-refractivity contribution is 5.97. The van der Waals surface area contributed by atoms with Gasteiger partial charge in [-0.3, -0.25) is 0 Å². The van der Waals surface area contributed by atoms with Gasteiger partial charge >= 0.3 is 11.6 Å². The van der Waals surface area contributed by atoms with Crippen molar-refractivity contribution < 1.29 is 29.3 Å². The summed E-state index contributed by atoms with van der Waals surface area (Å²) in [6, 6.07) is 6.65. The first-order valence-electron chi connectivity index (χ1n) is 6.71. The molecule has 2 aromatic rings.